The number of hydrazone groups is 1. The van der Waals surface area contributed by atoms with Gasteiger partial charge in [0.15, 0.2) is 5.78 Å². The Morgan fingerprint density at radius 3 is 2.64 bits per heavy atom. The first-order chi connectivity index (χ1) is 15.8. The van der Waals surface area contributed by atoms with Crippen molar-refractivity contribution in [1.29, 1.82) is 0 Å². The molecule has 0 amide bonds. The Hall–Kier alpha value is -3.82. The van der Waals surface area contributed by atoms with E-state index in [1.165, 1.54) is 12.1 Å². The predicted molar refractivity (Wildman–Crippen MR) is 123 cm³/mol. The van der Waals surface area contributed by atoms with Gasteiger partial charge in [0.05, 0.1) is 21.6 Å². The molecule has 0 bridgehead atoms. The Morgan fingerprint density at radius 2 is 1.91 bits per heavy atom. The number of nitro groups is 2. The van der Waals surface area contributed by atoms with E-state index in [0.717, 1.165) is 59.1 Å². The lowest BCUT2D eigenvalue weighted by Crippen LogP contribution is -2.44. The topological polar surface area (TPSA) is 131 Å². The summed E-state index contributed by atoms with van der Waals surface area (Å²) >= 11 is 0. The smallest absolute Gasteiger partial charge is 0.301 e. The molecule has 2 heterocycles. The number of non-ortho nitro benzene ring substituents is 1. The molecule has 0 aromatic heterocycles. The highest BCUT2D eigenvalue weighted by molar-refractivity contribution is 6.14. The number of carbonyl (C=O) groups is 1. The maximum Gasteiger partial charge on any atom is 0.301 e. The number of aryl methyl sites for hydroxylation is 1. The van der Waals surface area contributed by atoms with Gasteiger partial charge in [-0.3, -0.25) is 30.4 Å². The van der Waals surface area contributed by atoms with E-state index in [4.69, 9.17) is 0 Å². The number of benzene rings is 2. The molecule has 2 unspecified atom stereocenters. The molecule has 0 fully saturated rings. The second kappa shape index (κ2) is 7.65. The first-order valence-electron chi connectivity index (χ1n) is 11.0. The van der Waals surface area contributed by atoms with Crippen molar-refractivity contribution in [2.24, 2.45) is 5.10 Å². The lowest BCUT2D eigenvalue weighted by atomic mass is 9.81. The summed E-state index contributed by atoms with van der Waals surface area (Å²) in [6.07, 6.45) is 3.01. The average Bonchev–Trinajstić information content (AvgIpc) is 3.07. The minimum Gasteiger partial charge on any atom is -0.368 e. The Kier molecular flexibility index (Phi) is 4.88. The zero-order chi connectivity index (χ0) is 23.4. The molecule has 0 saturated heterocycles. The summed E-state index contributed by atoms with van der Waals surface area (Å²) in [4.78, 5) is 36.3. The van der Waals surface area contributed by atoms with E-state index in [9.17, 15) is 25.0 Å². The Balaban J connectivity index is 1.64. The number of hydrogen-bond donors (Lipinski definition) is 1. The van der Waals surface area contributed by atoms with Crippen LogP contribution in [0.1, 0.15) is 66.1 Å². The molecular weight excluding hydrogens is 426 g/mol. The van der Waals surface area contributed by atoms with Crippen molar-refractivity contribution in [2.75, 3.05) is 16.9 Å². The third-order valence-electron chi connectivity index (χ3n) is 6.85. The van der Waals surface area contributed by atoms with E-state index in [0.29, 0.717) is 12.8 Å². The normalized spacial score (nSPS) is 22.2. The zero-order valence-electron chi connectivity index (χ0n) is 18.3. The molecule has 1 N–H and O–H groups in total. The molecule has 2 aromatic carbocycles. The van der Waals surface area contributed by atoms with Crippen LogP contribution in [0, 0.1) is 20.2 Å². The highest BCUT2D eigenvalue weighted by Crippen LogP contribution is 2.47. The van der Waals surface area contributed by atoms with Crippen LogP contribution in [-0.2, 0) is 6.42 Å². The largest absolute Gasteiger partial charge is 0.368 e. The molecular formula is C23H23N5O5. The van der Waals surface area contributed by atoms with Crippen LogP contribution in [0.15, 0.2) is 29.4 Å². The fourth-order valence-electron chi connectivity index (χ4n) is 5.38. The Labute approximate surface area is 189 Å². The number of hydrogen-bond acceptors (Lipinski definition) is 8. The molecule has 2 aromatic rings. The minimum atomic E-state index is -0.669. The quantitative estimate of drug-likeness (QED) is 0.535. The molecule has 10 heteroatoms. The van der Waals surface area contributed by atoms with Crippen molar-refractivity contribution < 1.29 is 14.6 Å². The summed E-state index contributed by atoms with van der Waals surface area (Å²) in [5.41, 5.74) is 7.88. The van der Waals surface area contributed by atoms with Crippen LogP contribution < -0.4 is 10.3 Å². The highest BCUT2D eigenvalue weighted by atomic mass is 16.6. The van der Waals surface area contributed by atoms with Crippen LogP contribution in [0.25, 0.3) is 0 Å². The van der Waals surface area contributed by atoms with Crippen molar-refractivity contribution in [2.45, 2.75) is 51.5 Å². The minimum absolute atomic E-state index is 0.0730. The molecule has 2 aliphatic heterocycles. The third-order valence-corrected chi connectivity index (χ3v) is 6.85. The monoisotopic (exact) mass is 449 g/mol. The van der Waals surface area contributed by atoms with Crippen LogP contribution in [-0.4, -0.2) is 33.9 Å². The molecule has 0 radical (unpaired) electrons. The number of fused-ring (bicyclic) bond motifs is 2. The van der Waals surface area contributed by atoms with Crippen molar-refractivity contribution in [3.05, 3.63) is 66.7 Å². The van der Waals surface area contributed by atoms with Gasteiger partial charge < -0.3 is 4.90 Å². The van der Waals surface area contributed by atoms with Crippen LogP contribution in [0.4, 0.5) is 22.7 Å². The first-order valence-corrected chi connectivity index (χ1v) is 11.0. The number of nitrogens with zero attached hydrogens (tertiary/aromatic N) is 4. The molecule has 5 rings (SSSR count). The van der Waals surface area contributed by atoms with Crippen LogP contribution in [0.5, 0.6) is 0 Å². The highest BCUT2D eigenvalue weighted by Gasteiger charge is 2.39. The number of Topliss-reactive ketones (excluding diaryl/α,β-unsaturated/α-hetero) is 1. The third kappa shape index (κ3) is 3.33. The molecule has 170 valence electrons. The van der Waals surface area contributed by atoms with E-state index in [-0.39, 0.29) is 29.1 Å². The molecule has 10 nitrogen and oxygen atoms in total. The lowest BCUT2D eigenvalue weighted by molar-refractivity contribution is -0.393. The zero-order valence-corrected chi connectivity index (χ0v) is 18.3. The van der Waals surface area contributed by atoms with Crippen LogP contribution in [0.3, 0.4) is 0 Å². The summed E-state index contributed by atoms with van der Waals surface area (Å²) in [5.74, 6) is 0.217. The molecule has 0 spiro atoms. The molecule has 2 atom stereocenters. The number of carbonyl (C=O) groups excluding carboxylic acids is 1. The molecule has 0 saturated carbocycles. The number of nitro benzene ring substituents is 2. The van der Waals surface area contributed by atoms with Gasteiger partial charge in [0, 0.05) is 48.3 Å². The van der Waals surface area contributed by atoms with Gasteiger partial charge in [-0.25, -0.2) is 0 Å². The SMILES string of the molecule is CC1CC(=O)c2cc3c4c(c21)/C(=N/Nc1ccc([N+](=O)[O-])cc1[N+](=O)[O-])CC(C)N4CCC3. The fraction of sp³-hybridized carbons (Fsp3) is 0.391. The van der Waals surface area contributed by atoms with Gasteiger partial charge in [-0.1, -0.05) is 6.92 Å². The van der Waals surface area contributed by atoms with Gasteiger partial charge in [-0.15, -0.1) is 0 Å². The summed E-state index contributed by atoms with van der Waals surface area (Å²) in [6, 6.07) is 5.68. The fourth-order valence-corrected chi connectivity index (χ4v) is 5.38. The van der Waals surface area contributed by atoms with Crippen molar-refractivity contribution >= 4 is 34.2 Å². The van der Waals surface area contributed by atoms with E-state index in [1.54, 1.807) is 0 Å². The predicted octanol–water partition coefficient (Wildman–Crippen LogP) is 4.55. The van der Waals surface area contributed by atoms with Gasteiger partial charge in [0.2, 0.25) is 0 Å². The summed E-state index contributed by atoms with van der Waals surface area (Å²) in [5, 5.41) is 27.1. The lowest BCUT2D eigenvalue weighted by Gasteiger charge is -2.43. The first kappa shape index (κ1) is 21.0. The van der Waals surface area contributed by atoms with E-state index in [1.807, 2.05) is 6.92 Å². The maximum atomic E-state index is 12.7. The van der Waals surface area contributed by atoms with Crippen molar-refractivity contribution in [3.8, 4) is 0 Å². The van der Waals surface area contributed by atoms with Gasteiger partial charge in [-0.05, 0) is 48.9 Å². The van der Waals surface area contributed by atoms with Gasteiger partial charge in [0.25, 0.3) is 5.69 Å². The summed E-state index contributed by atoms with van der Waals surface area (Å²) in [6.45, 7) is 5.12. The second-order valence-electron chi connectivity index (χ2n) is 8.98. The van der Waals surface area contributed by atoms with Crippen LogP contribution >= 0.6 is 0 Å². The standard InChI is InChI=1S/C23H23N5O5/c1-12-8-20(29)16-10-14-4-3-7-26-13(2)9-18(22(21(12)16)23(14)26)25-24-17-6-5-15(27(30)31)11-19(17)28(32)33/h5-6,10-13,24H,3-4,7-9H2,1-2H3/b25-18+. The van der Waals surface area contributed by atoms with E-state index < -0.39 is 15.5 Å². The summed E-state index contributed by atoms with van der Waals surface area (Å²) < 4.78 is 0. The average molecular weight is 449 g/mol. The molecule has 33 heavy (non-hydrogen) atoms. The molecule has 1 aliphatic carbocycles. The van der Waals surface area contributed by atoms with E-state index >= 15 is 0 Å². The maximum absolute atomic E-state index is 12.7. The summed E-state index contributed by atoms with van der Waals surface area (Å²) in [7, 11) is 0. The van der Waals surface area contributed by atoms with Gasteiger partial charge in [0.1, 0.15) is 5.69 Å². The van der Waals surface area contributed by atoms with Crippen LogP contribution in [0.2, 0.25) is 0 Å². The molecule has 3 aliphatic rings. The Morgan fingerprint density at radius 1 is 1.12 bits per heavy atom. The Bertz CT molecular complexity index is 1250. The number of anilines is 2. The second-order valence-corrected chi connectivity index (χ2v) is 8.98. The van der Waals surface area contributed by atoms with E-state index in [2.05, 4.69) is 28.4 Å². The number of nitrogens with one attached hydrogen (secondary N) is 1. The van der Waals surface area contributed by atoms with Crippen molar-refractivity contribution in [3.63, 3.8) is 0 Å². The van der Waals surface area contributed by atoms with Gasteiger partial charge >= 0.3 is 5.69 Å². The number of ketones is 1. The van der Waals surface area contributed by atoms with Gasteiger partial charge in [-0.2, -0.15) is 5.10 Å². The number of rotatable bonds is 4. The van der Waals surface area contributed by atoms with Crippen molar-refractivity contribution in [1.82, 2.24) is 0 Å².